The summed E-state index contributed by atoms with van der Waals surface area (Å²) >= 11 is 1.60. The van der Waals surface area contributed by atoms with Crippen molar-refractivity contribution in [2.45, 2.75) is 40.0 Å². The molecular formula is C14H22N2OS. The van der Waals surface area contributed by atoms with Gasteiger partial charge in [0, 0.05) is 11.9 Å². The lowest BCUT2D eigenvalue weighted by Gasteiger charge is -2.33. The minimum atomic E-state index is -0.0424. The maximum absolute atomic E-state index is 11.9. The molecule has 1 aliphatic rings. The molecule has 18 heavy (non-hydrogen) atoms. The zero-order valence-electron chi connectivity index (χ0n) is 11.6. The molecule has 3 nitrogen and oxygen atoms in total. The van der Waals surface area contributed by atoms with Gasteiger partial charge in [-0.25, -0.2) is 0 Å². The number of carbonyl (C=O) groups excluding carboxylic acids is 1. The molecule has 0 bridgehead atoms. The van der Waals surface area contributed by atoms with Gasteiger partial charge in [-0.05, 0) is 36.2 Å². The molecule has 0 radical (unpaired) electrons. The fraction of sp³-hybridized carbons (Fsp3) is 0.643. The van der Waals surface area contributed by atoms with Crippen molar-refractivity contribution in [3.8, 4) is 0 Å². The first-order valence-electron chi connectivity index (χ1n) is 6.46. The zero-order valence-corrected chi connectivity index (χ0v) is 12.4. The summed E-state index contributed by atoms with van der Waals surface area (Å²) in [5.41, 5.74) is 8.25. The molecule has 1 aliphatic carbocycles. The Balaban J connectivity index is 2.34. The molecule has 0 spiro atoms. The van der Waals surface area contributed by atoms with Crippen molar-refractivity contribution in [3.05, 3.63) is 16.0 Å². The predicted octanol–water partition coefficient (Wildman–Crippen LogP) is 2.84. The van der Waals surface area contributed by atoms with E-state index >= 15 is 0 Å². The number of amides is 1. The molecule has 1 atom stereocenters. The zero-order chi connectivity index (χ0) is 13.5. The molecule has 0 fully saturated rings. The number of nitrogens with two attached hydrogens (primary N) is 1. The maximum atomic E-state index is 11.9. The molecule has 1 heterocycles. The minimum absolute atomic E-state index is 0.0424. The average molecular weight is 266 g/mol. The van der Waals surface area contributed by atoms with Crippen LogP contribution in [-0.2, 0) is 12.8 Å². The molecule has 2 rings (SSSR count). The van der Waals surface area contributed by atoms with Gasteiger partial charge in [0.2, 0.25) is 0 Å². The van der Waals surface area contributed by atoms with Crippen LogP contribution in [0.3, 0.4) is 0 Å². The van der Waals surface area contributed by atoms with E-state index in [1.165, 1.54) is 10.4 Å². The van der Waals surface area contributed by atoms with E-state index in [9.17, 15) is 4.79 Å². The highest BCUT2D eigenvalue weighted by atomic mass is 32.1. The molecule has 1 amide bonds. The summed E-state index contributed by atoms with van der Waals surface area (Å²) < 4.78 is 0. The van der Waals surface area contributed by atoms with E-state index in [0.717, 1.165) is 24.8 Å². The fourth-order valence-electron chi connectivity index (χ4n) is 2.72. The summed E-state index contributed by atoms with van der Waals surface area (Å²) in [4.78, 5) is 13.2. The van der Waals surface area contributed by atoms with E-state index in [-0.39, 0.29) is 5.91 Å². The molecule has 1 unspecified atom stereocenters. The van der Waals surface area contributed by atoms with Crippen LogP contribution in [0.25, 0.3) is 0 Å². The number of carbonyl (C=O) groups is 1. The molecule has 1 aromatic heterocycles. The number of rotatable bonds is 1. The number of anilines is 1. The van der Waals surface area contributed by atoms with Crippen LogP contribution in [0.2, 0.25) is 0 Å². The SMILES string of the molecule is CNC(=O)c1c(N)sc2c1CCC(C(C)(C)C)C2. The summed E-state index contributed by atoms with van der Waals surface area (Å²) in [6, 6.07) is 0. The molecule has 0 saturated carbocycles. The summed E-state index contributed by atoms with van der Waals surface area (Å²) in [6.45, 7) is 6.87. The summed E-state index contributed by atoms with van der Waals surface area (Å²) in [7, 11) is 1.66. The Bertz CT molecular complexity index is 471. The monoisotopic (exact) mass is 266 g/mol. The minimum Gasteiger partial charge on any atom is -0.390 e. The van der Waals surface area contributed by atoms with Crippen molar-refractivity contribution in [2.24, 2.45) is 11.3 Å². The topological polar surface area (TPSA) is 55.1 Å². The first-order valence-corrected chi connectivity index (χ1v) is 7.28. The molecule has 1 aromatic rings. The third kappa shape index (κ3) is 2.26. The van der Waals surface area contributed by atoms with Crippen LogP contribution in [0.1, 0.15) is 48.0 Å². The summed E-state index contributed by atoms with van der Waals surface area (Å²) in [6.07, 6.45) is 3.19. The third-order valence-corrected chi connectivity index (χ3v) is 5.05. The highest BCUT2D eigenvalue weighted by molar-refractivity contribution is 7.16. The second kappa shape index (κ2) is 4.57. The number of thiophene rings is 1. The second-order valence-corrected chi connectivity index (χ2v) is 7.26. The third-order valence-electron chi connectivity index (χ3n) is 3.97. The number of hydrogen-bond acceptors (Lipinski definition) is 3. The Morgan fingerprint density at radius 1 is 1.44 bits per heavy atom. The van der Waals surface area contributed by atoms with E-state index in [0.29, 0.717) is 16.3 Å². The van der Waals surface area contributed by atoms with Crippen LogP contribution >= 0.6 is 11.3 Å². The van der Waals surface area contributed by atoms with Crippen molar-refractivity contribution >= 4 is 22.2 Å². The standard InChI is InChI=1S/C14H22N2OS/c1-14(2,3)8-5-6-9-10(7-8)18-12(15)11(9)13(17)16-4/h8H,5-7,15H2,1-4H3,(H,16,17). The quantitative estimate of drug-likeness (QED) is 0.821. The smallest absolute Gasteiger partial charge is 0.254 e. The van der Waals surface area contributed by atoms with Crippen molar-refractivity contribution in [1.29, 1.82) is 0 Å². The Morgan fingerprint density at radius 3 is 2.67 bits per heavy atom. The van der Waals surface area contributed by atoms with Crippen molar-refractivity contribution < 1.29 is 4.79 Å². The molecule has 0 aliphatic heterocycles. The Morgan fingerprint density at radius 2 is 2.11 bits per heavy atom. The van der Waals surface area contributed by atoms with Gasteiger partial charge < -0.3 is 11.1 Å². The maximum Gasteiger partial charge on any atom is 0.254 e. The van der Waals surface area contributed by atoms with Gasteiger partial charge in [0.15, 0.2) is 0 Å². The number of fused-ring (bicyclic) bond motifs is 1. The van der Waals surface area contributed by atoms with Gasteiger partial charge in [-0.1, -0.05) is 20.8 Å². The molecule has 0 aromatic carbocycles. The van der Waals surface area contributed by atoms with E-state index in [1.54, 1.807) is 18.4 Å². The lowest BCUT2D eigenvalue weighted by atomic mass is 9.72. The van der Waals surface area contributed by atoms with Gasteiger partial charge >= 0.3 is 0 Å². The second-order valence-electron chi connectivity index (χ2n) is 6.13. The molecular weight excluding hydrogens is 244 g/mol. The number of hydrogen-bond donors (Lipinski definition) is 2. The van der Waals surface area contributed by atoms with Gasteiger partial charge in [0.05, 0.1) is 10.6 Å². The van der Waals surface area contributed by atoms with Gasteiger partial charge in [-0.3, -0.25) is 4.79 Å². The lowest BCUT2D eigenvalue weighted by Crippen LogP contribution is -2.27. The summed E-state index contributed by atoms with van der Waals surface area (Å²) in [5.74, 6) is 0.639. The van der Waals surface area contributed by atoms with Gasteiger partial charge in [0.1, 0.15) is 0 Å². The van der Waals surface area contributed by atoms with Crippen molar-refractivity contribution in [3.63, 3.8) is 0 Å². The van der Waals surface area contributed by atoms with E-state index in [1.807, 2.05) is 0 Å². The van der Waals surface area contributed by atoms with E-state index in [2.05, 4.69) is 26.1 Å². The molecule has 4 heteroatoms. The first-order chi connectivity index (χ1) is 8.34. The fourth-order valence-corrected chi connectivity index (χ4v) is 3.92. The van der Waals surface area contributed by atoms with Crippen LogP contribution < -0.4 is 11.1 Å². The molecule has 100 valence electrons. The largest absolute Gasteiger partial charge is 0.390 e. The van der Waals surface area contributed by atoms with E-state index in [4.69, 9.17) is 5.73 Å². The predicted molar refractivity (Wildman–Crippen MR) is 77.1 cm³/mol. The van der Waals surface area contributed by atoms with Crippen LogP contribution in [0.15, 0.2) is 0 Å². The average Bonchev–Trinajstić information content (AvgIpc) is 2.61. The van der Waals surface area contributed by atoms with Gasteiger partial charge in [0.25, 0.3) is 5.91 Å². The molecule has 3 N–H and O–H groups in total. The van der Waals surface area contributed by atoms with Crippen molar-refractivity contribution in [1.82, 2.24) is 5.32 Å². The van der Waals surface area contributed by atoms with Gasteiger partial charge in [-0.15, -0.1) is 11.3 Å². The Labute approximate surface area is 113 Å². The van der Waals surface area contributed by atoms with Crippen LogP contribution in [0.4, 0.5) is 5.00 Å². The Kier molecular flexibility index (Phi) is 3.41. The highest BCUT2D eigenvalue weighted by Crippen LogP contribution is 2.43. The Hall–Kier alpha value is -1.03. The molecule has 0 saturated heterocycles. The summed E-state index contributed by atoms with van der Waals surface area (Å²) in [5, 5.41) is 3.36. The first kappa shape index (κ1) is 13.4. The van der Waals surface area contributed by atoms with Crippen molar-refractivity contribution in [2.75, 3.05) is 12.8 Å². The van der Waals surface area contributed by atoms with Crippen LogP contribution in [0.5, 0.6) is 0 Å². The van der Waals surface area contributed by atoms with Gasteiger partial charge in [-0.2, -0.15) is 0 Å². The highest BCUT2D eigenvalue weighted by Gasteiger charge is 2.32. The number of nitrogens with one attached hydrogen (secondary N) is 1. The lowest BCUT2D eigenvalue weighted by molar-refractivity contribution is 0.0963. The van der Waals surface area contributed by atoms with E-state index < -0.39 is 0 Å². The van der Waals surface area contributed by atoms with Crippen LogP contribution in [0, 0.1) is 11.3 Å². The van der Waals surface area contributed by atoms with Crippen LogP contribution in [-0.4, -0.2) is 13.0 Å². The normalized spacial score (nSPS) is 19.4. The number of nitrogen functional groups attached to an aromatic ring is 1.